The molecule has 0 amide bonds. The SMILES string of the molecule is Cc1nn(C2CCCC2)c(C)c1C. The smallest absolute Gasteiger partial charge is 0.0625 e. The van der Waals surface area contributed by atoms with Crippen LogP contribution in [-0.2, 0) is 0 Å². The lowest BCUT2D eigenvalue weighted by Crippen LogP contribution is -2.08. The standard InChI is InChI=1S/C11H18N2/c1-8-9(2)12-13(10(8)3)11-6-4-5-7-11/h11H,4-7H2,1-3H3. The van der Waals surface area contributed by atoms with E-state index in [1.165, 1.54) is 42.6 Å². The quantitative estimate of drug-likeness (QED) is 0.646. The second-order valence-corrected chi connectivity index (χ2v) is 4.18. The molecule has 0 radical (unpaired) electrons. The highest BCUT2D eigenvalue weighted by atomic mass is 15.3. The first-order valence-electron chi connectivity index (χ1n) is 5.22. The minimum absolute atomic E-state index is 0.687. The predicted molar refractivity (Wildman–Crippen MR) is 53.9 cm³/mol. The van der Waals surface area contributed by atoms with E-state index in [1.807, 2.05) is 0 Å². The largest absolute Gasteiger partial charge is 0.266 e. The average Bonchev–Trinajstić information content (AvgIpc) is 2.70. The molecule has 2 nitrogen and oxygen atoms in total. The van der Waals surface area contributed by atoms with Gasteiger partial charge in [0.05, 0.1) is 11.7 Å². The van der Waals surface area contributed by atoms with E-state index < -0.39 is 0 Å². The van der Waals surface area contributed by atoms with E-state index in [1.54, 1.807) is 0 Å². The number of rotatable bonds is 1. The highest BCUT2D eigenvalue weighted by Crippen LogP contribution is 2.30. The fourth-order valence-corrected chi connectivity index (χ4v) is 2.25. The third-order valence-corrected chi connectivity index (χ3v) is 3.36. The van der Waals surface area contributed by atoms with Gasteiger partial charge in [0.1, 0.15) is 0 Å². The second-order valence-electron chi connectivity index (χ2n) is 4.18. The topological polar surface area (TPSA) is 17.8 Å². The molecule has 0 spiro atoms. The highest BCUT2D eigenvalue weighted by Gasteiger charge is 2.20. The molecule has 2 heteroatoms. The van der Waals surface area contributed by atoms with Gasteiger partial charge in [-0.1, -0.05) is 12.8 Å². The lowest BCUT2D eigenvalue weighted by atomic mass is 10.2. The Balaban J connectivity index is 2.34. The van der Waals surface area contributed by atoms with E-state index in [2.05, 4.69) is 30.6 Å². The van der Waals surface area contributed by atoms with Crippen LogP contribution in [0.4, 0.5) is 0 Å². The summed E-state index contributed by atoms with van der Waals surface area (Å²) in [6.07, 6.45) is 5.40. The molecule has 13 heavy (non-hydrogen) atoms. The number of aryl methyl sites for hydroxylation is 1. The van der Waals surface area contributed by atoms with Gasteiger partial charge in [-0.25, -0.2) is 0 Å². The molecular formula is C11H18N2. The highest BCUT2D eigenvalue weighted by molar-refractivity contribution is 5.22. The van der Waals surface area contributed by atoms with E-state index in [9.17, 15) is 0 Å². The van der Waals surface area contributed by atoms with Crippen molar-refractivity contribution in [3.63, 3.8) is 0 Å². The number of aromatic nitrogens is 2. The summed E-state index contributed by atoms with van der Waals surface area (Å²) in [6.45, 7) is 6.46. The van der Waals surface area contributed by atoms with Crippen LogP contribution in [0.25, 0.3) is 0 Å². The molecule has 72 valence electrons. The zero-order chi connectivity index (χ0) is 9.42. The molecule has 1 aromatic heterocycles. The first kappa shape index (κ1) is 8.79. The van der Waals surface area contributed by atoms with Gasteiger partial charge >= 0.3 is 0 Å². The van der Waals surface area contributed by atoms with Crippen LogP contribution in [0.1, 0.15) is 48.7 Å². The summed E-state index contributed by atoms with van der Waals surface area (Å²) < 4.78 is 2.25. The van der Waals surface area contributed by atoms with Gasteiger partial charge in [0, 0.05) is 5.69 Å². The molecular weight excluding hydrogens is 160 g/mol. The molecule has 0 aliphatic heterocycles. The minimum Gasteiger partial charge on any atom is -0.266 e. The summed E-state index contributed by atoms with van der Waals surface area (Å²) in [7, 11) is 0. The molecule has 0 atom stereocenters. The van der Waals surface area contributed by atoms with Gasteiger partial charge in [0.2, 0.25) is 0 Å². The average molecular weight is 178 g/mol. The molecule has 0 unspecified atom stereocenters. The van der Waals surface area contributed by atoms with Gasteiger partial charge in [0.15, 0.2) is 0 Å². The Labute approximate surface area is 80.0 Å². The van der Waals surface area contributed by atoms with Crippen LogP contribution in [0.2, 0.25) is 0 Å². The van der Waals surface area contributed by atoms with Crippen molar-refractivity contribution in [1.82, 2.24) is 9.78 Å². The molecule has 0 bridgehead atoms. The van der Waals surface area contributed by atoms with Gasteiger partial charge in [0.25, 0.3) is 0 Å². The van der Waals surface area contributed by atoms with Crippen molar-refractivity contribution in [3.8, 4) is 0 Å². The Hall–Kier alpha value is -0.790. The molecule has 1 heterocycles. The molecule has 1 aliphatic carbocycles. The maximum absolute atomic E-state index is 4.61. The molecule has 0 aromatic carbocycles. The summed E-state index contributed by atoms with van der Waals surface area (Å²) in [5, 5.41) is 4.61. The Kier molecular flexibility index (Phi) is 2.14. The van der Waals surface area contributed by atoms with Gasteiger partial charge in [-0.2, -0.15) is 5.10 Å². The number of nitrogens with zero attached hydrogens (tertiary/aromatic N) is 2. The first-order chi connectivity index (χ1) is 6.20. The van der Waals surface area contributed by atoms with E-state index in [4.69, 9.17) is 0 Å². The van der Waals surface area contributed by atoms with Crippen LogP contribution in [-0.4, -0.2) is 9.78 Å². The number of hydrogen-bond acceptors (Lipinski definition) is 1. The molecule has 0 saturated heterocycles. The van der Waals surface area contributed by atoms with Gasteiger partial charge in [-0.05, 0) is 39.2 Å². The number of hydrogen-bond donors (Lipinski definition) is 0. The van der Waals surface area contributed by atoms with Gasteiger partial charge in [-0.15, -0.1) is 0 Å². The van der Waals surface area contributed by atoms with E-state index in [0.29, 0.717) is 6.04 Å². The lowest BCUT2D eigenvalue weighted by Gasteiger charge is -2.11. The fraction of sp³-hybridized carbons (Fsp3) is 0.727. The van der Waals surface area contributed by atoms with Crippen LogP contribution in [0.15, 0.2) is 0 Å². The summed E-state index contributed by atoms with van der Waals surface area (Å²) in [6, 6.07) is 0.687. The zero-order valence-corrected chi connectivity index (χ0v) is 8.80. The zero-order valence-electron chi connectivity index (χ0n) is 8.80. The summed E-state index contributed by atoms with van der Waals surface area (Å²) in [5.41, 5.74) is 3.93. The maximum Gasteiger partial charge on any atom is 0.0625 e. The Morgan fingerprint density at radius 2 is 1.77 bits per heavy atom. The Morgan fingerprint density at radius 3 is 2.23 bits per heavy atom. The van der Waals surface area contributed by atoms with Crippen molar-refractivity contribution in [3.05, 3.63) is 17.0 Å². The van der Waals surface area contributed by atoms with Crippen molar-refractivity contribution in [2.75, 3.05) is 0 Å². The Morgan fingerprint density at radius 1 is 1.15 bits per heavy atom. The summed E-state index contributed by atoms with van der Waals surface area (Å²) >= 11 is 0. The molecule has 1 aliphatic rings. The van der Waals surface area contributed by atoms with Gasteiger partial charge < -0.3 is 0 Å². The van der Waals surface area contributed by atoms with Crippen molar-refractivity contribution in [2.45, 2.75) is 52.5 Å². The fourth-order valence-electron chi connectivity index (χ4n) is 2.25. The van der Waals surface area contributed by atoms with Gasteiger partial charge in [-0.3, -0.25) is 4.68 Å². The van der Waals surface area contributed by atoms with E-state index in [-0.39, 0.29) is 0 Å². The van der Waals surface area contributed by atoms with Crippen LogP contribution < -0.4 is 0 Å². The van der Waals surface area contributed by atoms with E-state index >= 15 is 0 Å². The minimum atomic E-state index is 0.687. The first-order valence-corrected chi connectivity index (χ1v) is 5.22. The second kappa shape index (κ2) is 3.17. The van der Waals surface area contributed by atoms with Crippen LogP contribution in [0.3, 0.4) is 0 Å². The summed E-state index contributed by atoms with van der Waals surface area (Å²) in [5.74, 6) is 0. The van der Waals surface area contributed by atoms with E-state index in [0.717, 1.165) is 0 Å². The lowest BCUT2D eigenvalue weighted by molar-refractivity contribution is 0.454. The Bertz CT molecular complexity index is 306. The normalized spacial score (nSPS) is 18.4. The van der Waals surface area contributed by atoms with Crippen molar-refractivity contribution in [1.29, 1.82) is 0 Å². The predicted octanol–water partition coefficient (Wildman–Crippen LogP) is 2.92. The third-order valence-electron chi connectivity index (χ3n) is 3.36. The molecule has 1 aromatic rings. The maximum atomic E-state index is 4.61. The van der Waals surface area contributed by atoms with Crippen molar-refractivity contribution in [2.24, 2.45) is 0 Å². The summed E-state index contributed by atoms with van der Waals surface area (Å²) in [4.78, 5) is 0. The van der Waals surface area contributed by atoms with Crippen LogP contribution in [0.5, 0.6) is 0 Å². The molecule has 0 N–H and O–H groups in total. The third kappa shape index (κ3) is 1.38. The van der Waals surface area contributed by atoms with Crippen molar-refractivity contribution >= 4 is 0 Å². The molecule has 1 saturated carbocycles. The molecule has 1 fully saturated rings. The van der Waals surface area contributed by atoms with Crippen LogP contribution >= 0.6 is 0 Å². The van der Waals surface area contributed by atoms with Crippen LogP contribution in [0, 0.1) is 20.8 Å². The monoisotopic (exact) mass is 178 g/mol. The molecule has 2 rings (SSSR count). The van der Waals surface area contributed by atoms with Crippen molar-refractivity contribution < 1.29 is 0 Å².